The molecule has 1 amide bonds. The van der Waals surface area contributed by atoms with Gasteiger partial charge >= 0.3 is 0 Å². The third-order valence-electron chi connectivity index (χ3n) is 6.08. The van der Waals surface area contributed by atoms with Crippen molar-refractivity contribution in [3.63, 3.8) is 0 Å². The van der Waals surface area contributed by atoms with Crippen molar-refractivity contribution >= 4 is 28.3 Å². The van der Waals surface area contributed by atoms with E-state index in [1.165, 1.54) is 17.0 Å². The zero-order valence-corrected chi connectivity index (χ0v) is 18.1. The van der Waals surface area contributed by atoms with Gasteiger partial charge in [0.15, 0.2) is 11.5 Å². The molecule has 3 aromatic carbocycles. The zero-order valence-electron chi connectivity index (χ0n) is 18.1. The van der Waals surface area contributed by atoms with Crippen LogP contribution in [0.1, 0.15) is 33.3 Å². The maximum absolute atomic E-state index is 13.6. The van der Waals surface area contributed by atoms with Gasteiger partial charge in [0.2, 0.25) is 5.78 Å². The Bertz CT molecular complexity index is 1410. The van der Waals surface area contributed by atoms with E-state index in [0.29, 0.717) is 16.8 Å². The van der Waals surface area contributed by atoms with Crippen LogP contribution in [0, 0.1) is 13.8 Å². The predicted octanol–water partition coefficient (Wildman–Crippen LogP) is 5.54. The van der Waals surface area contributed by atoms with Gasteiger partial charge in [-0.15, -0.1) is 0 Å². The van der Waals surface area contributed by atoms with Crippen molar-refractivity contribution in [2.45, 2.75) is 19.9 Å². The molecule has 0 radical (unpaired) electrons. The molecule has 0 spiro atoms. The number of nitrogens with zero attached hydrogens (tertiary/aromatic N) is 1. The topological polar surface area (TPSA) is 91.0 Å². The molecule has 4 aromatic rings. The van der Waals surface area contributed by atoms with Gasteiger partial charge in [0, 0.05) is 11.1 Å². The first-order valence-corrected chi connectivity index (χ1v) is 10.5. The number of aliphatic hydroxyl groups excluding tert-OH is 1. The van der Waals surface area contributed by atoms with Crippen molar-refractivity contribution in [1.29, 1.82) is 0 Å². The number of fused-ring (bicyclic) bond motifs is 1. The summed E-state index contributed by atoms with van der Waals surface area (Å²) in [4.78, 5) is 28.2. The van der Waals surface area contributed by atoms with E-state index in [2.05, 4.69) is 0 Å². The van der Waals surface area contributed by atoms with Gasteiger partial charge < -0.3 is 14.6 Å². The number of para-hydroxylation sites is 1. The van der Waals surface area contributed by atoms with Crippen LogP contribution in [0.2, 0.25) is 0 Å². The molecule has 1 aromatic heterocycles. The maximum atomic E-state index is 13.6. The second-order valence-electron chi connectivity index (χ2n) is 8.18. The second kappa shape index (κ2) is 7.67. The van der Waals surface area contributed by atoms with E-state index in [-0.39, 0.29) is 17.1 Å². The van der Waals surface area contributed by atoms with E-state index in [1.807, 2.05) is 38.1 Å². The number of Topliss-reactive ketones (excluding diaryl/α,β-unsaturated/α-hetero) is 1. The number of aliphatic hydroxyl groups is 1. The maximum Gasteiger partial charge on any atom is 0.294 e. The van der Waals surface area contributed by atoms with Crippen molar-refractivity contribution < 1.29 is 24.2 Å². The van der Waals surface area contributed by atoms with E-state index >= 15 is 0 Å². The third-order valence-corrected chi connectivity index (χ3v) is 6.08. The van der Waals surface area contributed by atoms with Gasteiger partial charge in [-0.25, -0.2) is 0 Å². The molecule has 164 valence electrons. The molecule has 0 saturated carbocycles. The summed E-state index contributed by atoms with van der Waals surface area (Å²) < 4.78 is 5.74. The van der Waals surface area contributed by atoms with Crippen LogP contribution < -0.4 is 4.90 Å². The number of rotatable bonds is 4. The SMILES string of the molecule is Cc1ccc(N2C(=O)C(O)=C(C(=O)c3cc4ccccc4o3)C2c2ccc(O)cc2)cc1C. The number of anilines is 1. The van der Waals surface area contributed by atoms with Gasteiger partial charge in [-0.3, -0.25) is 14.5 Å². The van der Waals surface area contributed by atoms with Crippen LogP contribution in [0.3, 0.4) is 0 Å². The molecule has 5 rings (SSSR count). The molecule has 1 aliphatic heterocycles. The lowest BCUT2D eigenvalue weighted by atomic mass is 9.94. The summed E-state index contributed by atoms with van der Waals surface area (Å²) in [5, 5.41) is 21.4. The zero-order chi connectivity index (χ0) is 23.3. The van der Waals surface area contributed by atoms with Crippen molar-refractivity contribution in [3.8, 4) is 5.75 Å². The molecular weight excluding hydrogens is 418 g/mol. The number of furan rings is 1. The molecule has 1 unspecified atom stereocenters. The summed E-state index contributed by atoms with van der Waals surface area (Å²) in [5.41, 5.74) is 3.63. The first kappa shape index (κ1) is 20.6. The van der Waals surface area contributed by atoms with E-state index < -0.39 is 23.5 Å². The van der Waals surface area contributed by atoms with Crippen LogP contribution >= 0.6 is 0 Å². The molecular formula is C27H21NO5. The Kier molecular flexibility index (Phi) is 4.78. The van der Waals surface area contributed by atoms with E-state index in [9.17, 15) is 19.8 Å². The number of carbonyl (C=O) groups excluding carboxylic acids is 2. The summed E-state index contributed by atoms with van der Waals surface area (Å²) in [5.74, 6) is -1.76. The molecule has 2 heterocycles. The fourth-order valence-corrected chi connectivity index (χ4v) is 4.18. The Morgan fingerprint density at radius 3 is 2.33 bits per heavy atom. The molecule has 1 atom stereocenters. The first-order chi connectivity index (χ1) is 15.8. The van der Waals surface area contributed by atoms with Crippen LogP contribution in [-0.2, 0) is 4.79 Å². The van der Waals surface area contributed by atoms with Crippen LogP contribution in [-0.4, -0.2) is 21.9 Å². The van der Waals surface area contributed by atoms with Crippen molar-refractivity contribution in [1.82, 2.24) is 0 Å². The number of phenols is 1. The summed E-state index contributed by atoms with van der Waals surface area (Å²) in [6.45, 7) is 3.90. The molecule has 0 bridgehead atoms. The van der Waals surface area contributed by atoms with Gasteiger partial charge in [0.05, 0.1) is 11.6 Å². The minimum absolute atomic E-state index is 0.0382. The Balaban J connectivity index is 1.67. The van der Waals surface area contributed by atoms with Gasteiger partial charge in [0.25, 0.3) is 5.91 Å². The lowest BCUT2D eigenvalue weighted by molar-refractivity contribution is -0.117. The lowest BCUT2D eigenvalue weighted by Crippen LogP contribution is -2.31. The summed E-state index contributed by atoms with van der Waals surface area (Å²) >= 11 is 0. The third kappa shape index (κ3) is 3.36. The summed E-state index contributed by atoms with van der Waals surface area (Å²) in [6, 6.07) is 19.7. The summed E-state index contributed by atoms with van der Waals surface area (Å²) in [6.07, 6.45) is 0. The number of ketones is 1. The Morgan fingerprint density at radius 2 is 1.64 bits per heavy atom. The number of aromatic hydroxyl groups is 1. The van der Waals surface area contributed by atoms with Crippen molar-refractivity contribution in [3.05, 3.63) is 107 Å². The number of carbonyl (C=O) groups is 2. The first-order valence-electron chi connectivity index (χ1n) is 10.5. The highest BCUT2D eigenvalue weighted by Gasteiger charge is 2.45. The highest BCUT2D eigenvalue weighted by atomic mass is 16.3. The van der Waals surface area contributed by atoms with E-state index in [4.69, 9.17) is 4.42 Å². The van der Waals surface area contributed by atoms with Gasteiger partial charge in [-0.05, 0) is 66.9 Å². The van der Waals surface area contributed by atoms with Crippen molar-refractivity contribution in [2.24, 2.45) is 0 Å². The molecule has 0 fully saturated rings. The molecule has 2 N–H and O–H groups in total. The smallest absolute Gasteiger partial charge is 0.294 e. The molecule has 33 heavy (non-hydrogen) atoms. The number of hydrogen-bond acceptors (Lipinski definition) is 5. The Labute approximate surface area is 190 Å². The van der Waals surface area contributed by atoms with E-state index in [0.717, 1.165) is 16.5 Å². The standard InChI is InChI=1S/C27H21NO5/c1-15-7-10-19(13-16(15)2)28-24(17-8-11-20(29)12-9-17)23(26(31)27(28)32)25(30)22-14-18-5-3-4-6-21(18)33-22/h3-14,24,29,31H,1-2H3. The number of phenolic OH excluding ortho intramolecular Hbond substituents is 1. The van der Waals surface area contributed by atoms with Gasteiger partial charge in [-0.2, -0.15) is 0 Å². The normalized spacial score (nSPS) is 16.1. The monoisotopic (exact) mass is 439 g/mol. The van der Waals surface area contributed by atoms with Gasteiger partial charge in [-0.1, -0.05) is 36.4 Å². The van der Waals surface area contributed by atoms with Gasteiger partial charge in [0.1, 0.15) is 11.3 Å². The molecule has 6 heteroatoms. The lowest BCUT2D eigenvalue weighted by Gasteiger charge is -2.27. The average molecular weight is 439 g/mol. The Hall–Kier alpha value is -4.32. The molecule has 6 nitrogen and oxygen atoms in total. The largest absolute Gasteiger partial charge is 0.508 e. The number of benzene rings is 3. The number of amides is 1. The highest BCUT2D eigenvalue weighted by molar-refractivity contribution is 6.20. The number of aryl methyl sites for hydroxylation is 2. The van der Waals surface area contributed by atoms with E-state index in [1.54, 1.807) is 36.4 Å². The molecule has 1 aliphatic rings. The minimum atomic E-state index is -0.888. The predicted molar refractivity (Wildman–Crippen MR) is 124 cm³/mol. The fraction of sp³-hybridized carbons (Fsp3) is 0.111. The molecule has 0 saturated heterocycles. The van der Waals surface area contributed by atoms with Crippen LogP contribution in [0.15, 0.2) is 88.5 Å². The summed E-state index contributed by atoms with van der Waals surface area (Å²) in [7, 11) is 0. The second-order valence-corrected chi connectivity index (χ2v) is 8.18. The highest BCUT2D eigenvalue weighted by Crippen LogP contribution is 2.43. The number of hydrogen-bond donors (Lipinski definition) is 2. The fourth-order valence-electron chi connectivity index (χ4n) is 4.18. The van der Waals surface area contributed by atoms with Crippen LogP contribution in [0.25, 0.3) is 11.0 Å². The van der Waals surface area contributed by atoms with Crippen molar-refractivity contribution in [2.75, 3.05) is 4.90 Å². The average Bonchev–Trinajstić information content (AvgIpc) is 3.35. The Morgan fingerprint density at radius 1 is 0.909 bits per heavy atom. The molecule has 0 aliphatic carbocycles. The minimum Gasteiger partial charge on any atom is -0.508 e. The van der Waals surface area contributed by atoms with Crippen LogP contribution in [0.5, 0.6) is 5.75 Å². The quantitative estimate of drug-likeness (QED) is 0.408. The van der Waals surface area contributed by atoms with Crippen LogP contribution in [0.4, 0.5) is 5.69 Å².